The summed E-state index contributed by atoms with van der Waals surface area (Å²) in [4.78, 5) is 18.8. The standard InChI is InChI=1S/C26H25N3O3S/c1-31-19-11-4-2-9-17(19)24(28-22-14-6-7-15-27-22)23-18-10-3-5-13-21(18)33-26(23)29-25(30)20-12-8-16-32-20/h2,4,6-9,11-12,14-16,24H,3,5,10,13H2,1H3,(H,27,28)(H,29,30)/t24-/m0/s1. The topological polar surface area (TPSA) is 76.4 Å². The maximum atomic E-state index is 12.9. The Bertz CT molecular complexity index is 1240. The number of hydrogen-bond acceptors (Lipinski definition) is 6. The zero-order valence-electron chi connectivity index (χ0n) is 18.3. The summed E-state index contributed by atoms with van der Waals surface area (Å²) in [5, 5.41) is 7.58. The van der Waals surface area contributed by atoms with E-state index in [2.05, 4.69) is 21.7 Å². The molecule has 0 fully saturated rings. The molecule has 0 aliphatic heterocycles. The van der Waals surface area contributed by atoms with E-state index >= 15 is 0 Å². The van der Waals surface area contributed by atoms with E-state index in [0.29, 0.717) is 5.76 Å². The molecular formula is C26H25N3O3S. The number of ether oxygens (including phenoxy) is 1. The molecule has 1 aliphatic carbocycles. The van der Waals surface area contributed by atoms with E-state index in [1.807, 2.05) is 36.4 Å². The minimum absolute atomic E-state index is 0.249. The molecule has 0 saturated heterocycles. The monoisotopic (exact) mass is 459 g/mol. The predicted molar refractivity (Wildman–Crippen MR) is 130 cm³/mol. The maximum absolute atomic E-state index is 12.9. The van der Waals surface area contributed by atoms with E-state index in [9.17, 15) is 4.79 Å². The third-order valence-corrected chi connectivity index (χ3v) is 7.10. The first-order chi connectivity index (χ1) is 16.2. The molecule has 3 aromatic heterocycles. The van der Waals surface area contributed by atoms with Gasteiger partial charge >= 0.3 is 0 Å². The van der Waals surface area contributed by atoms with Gasteiger partial charge in [0.2, 0.25) is 0 Å². The van der Waals surface area contributed by atoms with Crippen molar-refractivity contribution in [3.63, 3.8) is 0 Å². The van der Waals surface area contributed by atoms with Crippen LogP contribution in [0.3, 0.4) is 0 Å². The molecule has 3 heterocycles. The van der Waals surface area contributed by atoms with E-state index in [1.54, 1.807) is 36.8 Å². The van der Waals surface area contributed by atoms with Crippen LogP contribution in [0.5, 0.6) is 5.75 Å². The molecule has 5 rings (SSSR count). The fraction of sp³-hybridized carbons (Fsp3) is 0.231. The largest absolute Gasteiger partial charge is 0.496 e. The predicted octanol–water partition coefficient (Wildman–Crippen LogP) is 6.08. The average Bonchev–Trinajstić information content (AvgIpc) is 3.52. The number of rotatable bonds is 7. The van der Waals surface area contributed by atoms with Crippen LogP contribution in [0, 0.1) is 0 Å². The van der Waals surface area contributed by atoms with Gasteiger partial charge in [0.15, 0.2) is 5.76 Å². The molecule has 0 radical (unpaired) electrons. The Morgan fingerprint density at radius 3 is 2.73 bits per heavy atom. The molecule has 1 aliphatic rings. The Kier molecular flexibility index (Phi) is 6.13. The molecule has 0 unspecified atom stereocenters. The highest BCUT2D eigenvalue weighted by Gasteiger charge is 2.30. The van der Waals surface area contributed by atoms with E-state index in [4.69, 9.17) is 9.15 Å². The van der Waals surface area contributed by atoms with Gasteiger partial charge in [-0.25, -0.2) is 4.98 Å². The number of furan rings is 1. The molecule has 1 aromatic carbocycles. The number of nitrogens with zero attached hydrogens (tertiary/aromatic N) is 1. The van der Waals surface area contributed by atoms with Crippen molar-refractivity contribution in [2.75, 3.05) is 17.7 Å². The van der Waals surface area contributed by atoms with Crippen molar-refractivity contribution >= 4 is 28.1 Å². The summed E-state index contributed by atoms with van der Waals surface area (Å²) in [6.45, 7) is 0. The van der Waals surface area contributed by atoms with Crippen LogP contribution in [-0.4, -0.2) is 18.0 Å². The van der Waals surface area contributed by atoms with Gasteiger partial charge < -0.3 is 19.8 Å². The van der Waals surface area contributed by atoms with Crippen molar-refractivity contribution in [2.45, 2.75) is 31.7 Å². The van der Waals surface area contributed by atoms with Gasteiger partial charge in [-0.2, -0.15) is 0 Å². The lowest BCUT2D eigenvalue weighted by atomic mass is 9.89. The first kappa shape index (κ1) is 21.3. The number of benzene rings is 1. The number of amides is 1. The molecule has 0 spiro atoms. The van der Waals surface area contributed by atoms with Gasteiger partial charge in [-0.05, 0) is 61.6 Å². The lowest BCUT2D eigenvalue weighted by molar-refractivity contribution is 0.0997. The fourth-order valence-electron chi connectivity index (χ4n) is 4.37. The smallest absolute Gasteiger partial charge is 0.291 e. The second-order valence-corrected chi connectivity index (χ2v) is 9.02. The summed E-state index contributed by atoms with van der Waals surface area (Å²) in [7, 11) is 1.68. The first-order valence-electron chi connectivity index (χ1n) is 11.0. The van der Waals surface area contributed by atoms with E-state index < -0.39 is 0 Å². The number of anilines is 2. The van der Waals surface area contributed by atoms with E-state index in [-0.39, 0.29) is 11.9 Å². The number of para-hydroxylation sites is 1. The quantitative estimate of drug-likeness (QED) is 0.350. The molecular weight excluding hydrogens is 434 g/mol. The van der Waals surface area contributed by atoms with E-state index in [0.717, 1.165) is 53.4 Å². The molecule has 1 amide bonds. The summed E-state index contributed by atoms with van der Waals surface area (Å²) in [6, 6.07) is 16.9. The van der Waals surface area contributed by atoms with Crippen LogP contribution in [0.2, 0.25) is 0 Å². The number of aryl methyl sites for hydroxylation is 1. The molecule has 7 heteroatoms. The zero-order valence-corrected chi connectivity index (χ0v) is 19.2. The first-order valence-corrected chi connectivity index (χ1v) is 11.9. The van der Waals surface area contributed by atoms with Crippen LogP contribution in [0.25, 0.3) is 0 Å². The number of fused-ring (bicyclic) bond motifs is 1. The summed E-state index contributed by atoms with van der Waals surface area (Å²) in [5.41, 5.74) is 3.37. The minimum Gasteiger partial charge on any atom is -0.496 e. The Hall–Kier alpha value is -3.58. The maximum Gasteiger partial charge on any atom is 0.291 e. The van der Waals surface area contributed by atoms with Crippen molar-refractivity contribution in [1.29, 1.82) is 0 Å². The third kappa shape index (κ3) is 4.36. The summed E-state index contributed by atoms with van der Waals surface area (Å²) >= 11 is 1.66. The highest BCUT2D eigenvalue weighted by atomic mass is 32.1. The third-order valence-electron chi connectivity index (χ3n) is 5.88. The molecule has 1 atom stereocenters. The van der Waals surface area contributed by atoms with Crippen LogP contribution in [-0.2, 0) is 12.8 Å². The summed E-state index contributed by atoms with van der Waals surface area (Å²) in [6.07, 6.45) is 7.56. The zero-order chi connectivity index (χ0) is 22.6. The molecule has 0 saturated carbocycles. The van der Waals surface area contributed by atoms with Gasteiger partial charge in [-0.3, -0.25) is 4.79 Å². The SMILES string of the molecule is COc1ccccc1[C@H](Nc1ccccn1)c1c(NC(=O)c2ccco2)sc2c1CCCC2. The Labute approximate surface area is 196 Å². The Morgan fingerprint density at radius 2 is 1.94 bits per heavy atom. The van der Waals surface area contributed by atoms with Crippen LogP contribution in [0.4, 0.5) is 10.8 Å². The van der Waals surface area contributed by atoms with Crippen molar-refractivity contribution in [3.05, 3.63) is 94.4 Å². The van der Waals surface area contributed by atoms with Crippen molar-refractivity contribution in [1.82, 2.24) is 4.98 Å². The lowest BCUT2D eigenvalue weighted by Crippen LogP contribution is -2.19. The lowest BCUT2D eigenvalue weighted by Gasteiger charge is -2.25. The highest BCUT2D eigenvalue weighted by molar-refractivity contribution is 7.16. The van der Waals surface area contributed by atoms with Crippen LogP contribution in [0.1, 0.15) is 51.0 Å². The van der Waals surface area contributed by atoms with E-state index in [1.165, 1.54) is 16.7 Å². The van der Waals surface area contributed by atoms with Gasteiger partial charge in [-0.1, -0.05) is 24.3 Å². The Morgan fingerprint density at radius 1 is 1.09 bits per heavy atom. The summed E-state index contributed by atoms with van der Waals surface area (Å²) < 4.78 is 11.1. The molecule has 33 heavy (non-hydrogen) atoms. The molecule has 0 bridgehead atoms. The molecule has 2 N–H and O–H groups in total. The number of nitrogens with one attached hydrogen (secondary N) is 2. The number of hydrogen-bond donors (Lipinski definition) is 2. The van der Waals surface area contributed by atoms with Crippen LogP contribution >= 0.6 is 11.3 Å². The van der Waals surface area contributed by atoms with Crippen LogP contribution < -0.4 is 15.4 Å². The number of pyridine rings is 1. The normalized spacial score (nSPS) is 13.7. The van der Waals surface area contributed by atoms with Crippen molar-refractivity contribution in [3.8, 4) is 5.75 Å². The average molecular weight is 460 g/mol. The Balaban J connectivity index is 1.64. The second kappa shape index (κ2) is 9.50. The number of aromatic nitrogens is 1. The number of methoxy groups -OCH3 is 1. The number of thiophene rings is 1. The van der Waals surface area contributed by atoms with Gasteiger partial charge in [0.1, 0.15) is 16.6 Å². The van der Waals surface area contributed by atoms with Crippen LogP contribution in [0.15, 0.2) is 71.5 Å². The van der Waals surface area contributed by atoms with Gasteiger partial charge in [0, 0.05) is 22.2 Å². The molecule has 168 valence electrons. The van der Waals surface area contributed by atoms with Crippen molar-refractivity contribution in [2.24, 2.45) is 0 Å². The van der Waals surface area contributed by atoms with Gasteiger partial charge in [0.25, 0.3) is 5.91 Å². The molecule has 4 aromatic rings. The number of carbonyl (C=O) groups excluding carboxylic acids is 1. The second-order valence-electron chi connectivity index (χ2n) is 7.92. The minimum atomic E-state index is -0.253. The number of carbonyl (C=O) groups is 1. The fourth-order valence-corrected chi connectivity index (χ4v) is 5.69. The highest BCUT2D eigenvalue weighted by Crippen LogP contribution is 2.46. The van der Waals surface area contributed by atoms with Gasteiger partial charge in [0.05, 0.1) is 19.4 Å². The van der Waals surface area contributed by atoms with Gasteiger partial charge in [-0.15, -0.1) is 11.3 Å². The summed E-state index contributed by atoms with van der Waals surface area (Å²) in [5.74, 6) is 1.58. The van der Waals surface area contributed by atoms with Crippen molar-refractivity contribution < 1.29 is 13.9 Å². The molecule has 6 nitrogen and oxygen atoms in total.